The maximum absolute atomic E-state index is 11.9. The van der Waals surface area contributed by atoms with Crippen molar-refractivity contribution in [2.24, 2.45) is 7.05 Å². The second kappa shape index (κ2) is 6.11. The van der Waals surface area contributed by atoms with Crippen molar-refractivity contribution in [3.05, 3.63) is 45.9 Å². The number of benzene rings is 1. The third-order valence-corrected chi connectivity index (χ3v) is 3.95. The number of methoxy groups -OCH3 is 2. The summed E-state index contributed by atoms with van der Waals surface area (Å²) in [6, 6.07) is 5.90. The quantitative estimate of drug-likeness (QED) is 0.867. The summed E-state index contributed by atoms with van der Waals surface area (Å²) in [4.78, 5) is 11.9. The Bertz CT molecular complexity index is 731. The fraction of sp³-hybridized carbons (Fsp3) is 0.421. The molecule has 0 N–H and O–H groups in total. The second-order valence-electron chi connectivity index (χ2n) is 6.83. The fourth-order valence-corrected chi connectivity index (χ4v) is 2.85. The minimum absolute atomic E-state index is 0.0130. The Morgan fingerprint density at radius 1 is 0.957 bits per heavy atom. The number of aryl methyl sites for hydroxylation is 2. The van der Waals surface area contributed by atoms with Crippen LogP contribution in [0.2, 0.25) is 0 Å². The van der Waals surface area contributed by atoms with Crippen LogP contribution in [0.5, 0.6) is 11.5 Å². The molecule has 0 unspecified atom stereocenters. The SMILES string of the molecule is COc1cc(-c2cc(C)c(=O)n(C)c2)cc(OC)c1C(C)(C)C. The number of hydrogen-bond acceptors (Lipinski definition) is 3. The largest absolute Gasteiger partial charge is 0.496 e. The van der Waals surface area contributed by atoms with Crippen molar-refractivity contribution in [3.8, 4) is 22.6 Å². The Kier molecular flexibility index (Phi) is 4.55. The summed E-state index contributed by atoms with van der Waals surface area (Å²) in [6.45, 7) is 8.21. The van der Waals surface area contributed by atoms with Crippen molar-refractivity contribution in [2.45, 2.75) is 33.1 Å². The molecule has 4 heteroatoms. The van der Waals surface area contributed by atoms with Crippen LogP contribution in [0.15, 0.2) is 29.2 Å². The first kappa shape index (κ1) is 17.1. The van der Waals surface area contributed by atoms with Crippen LogP contribution in [0, 0.1) is 6.92 Å². The molecule has 0 bridgehead atoms. The van der Waals surface area contributed by atoms with Crippen LogP contribution in [0.4, 0.5) is 0 Å². The molecule has 0 saturated carbocycles. The van der Waals surface area contributed by atoms with E-state index in [0.717, 1.165) is 28.2 Å². The maximum atomic E-state index is 11.9. The van der Waals surface area contributed by atoms with E-state index in [-0.39, 0.29) is 11.0 Å². The molecule has 0 atom stereocenters. The molecule has 0 aliphatic carbocycles. The normalized spacial score (nSPS) is 11.4. The van der Waals surface area contributed by atoms with E-state index in [1.54, 1.807) is 25.8 Å². The first-order valence-corrected chi connectivity index (χ1v) is 7.63. The average Bonchev–Trinajstić information content (AvgIpc) is 2.49. The van der Waals surface area contributed by atoms with Crippen LogP contribution in [-0.2, 0) is 12.5 Å². The van der Waals surface area contributed by atoms with Crippen molar-refractivity contribution in [1.29, 1.82) is 0 Å². The van der Waals surface area contributed by atoms with Gasteiger partial charge in [0.1, 0.15) is 11.5 Å². The molecule has 124 valence electrons. The van der Waals surface area contributed by atoms with Gasteiger partial charge in [-0.3, -0.25) is 4.79 Å². The molecule has 4 nitrogen and oxygen atoms in total. The van der Waals surface area contributed by atoms with Gasteiger partial charge in [0.05, 0.1) is 14.2 Å². The van der Waals surface area contributed by atoms with Crippen molar-refractivity contribution >= 4 is 0 Å². The van der Waals surface area contributed by atoms with E-state index in [1.807, 2.05) is 31.3 Å². The molecule has 0 aliphatic rings. The molecule has 23 heavy (non-hydrogen) atoms. The Balaban J connectivity index is 2.73. The van der Waals surface area contributed by atoms with Crippen LogP contribution in [0.3, 0.4) is 0 Å². The average molecular weight is 315 g/mol. The van der Waals surface area contributed by atoms with Gasteiger partial charge in [0.15, 0.2) is 0 Å². The van der Waals surface area contributed by atoms with Crippen LogP contribution in [0.1, 0.15) is 31.9 Å². The number of pyridine rings is 1. The zero-order valence-electron chi connectivity index (χ0n) is 15.0. The number of nitrogens with zero attached hydrogens (tertiary/aromatic N) is 1. The van der Waals surface area contributed by atoms with Gasteiger partial charge in [-0.15, -0.1) is 0 Å². The minimum Gasteiger partial charge on any atom is -0.496 e. The highest BCUT2D eigenvalue weighted by molar-refractivity contribution is 5.70. The van der Waals surface area contributed by atoms with Gasteiger partial charge < -0.3 is 14.0 Å². The zero-order chi connectivity index (χ0) is 17.4. The summed E-state index contributed by atoms with van der Waals surface area (Å²) in [6.07, 6.45) is 1.83. The van der Waals surface area contributed by atoms with Gasteiger partial charge in [-0.2, -0.15) is 0 Å². The fourth-order valence-electron chi connectivity index (χ4n) is 2.85. The van der Waals surface area contributed by atoms with Crippen molar-refractivity contribution in [3.63, 3.8) is 0 Å². The summed E-state index contributed by atoms with van der Waals surface area (Å²) in [5.41, 5.74) is 3.58. The lowest BCUT2D eigenvalue weighted by Crippen LogP contribution is -2.18. The molecule has 1 aromatic carbocycles. The number of hydrogen-bond donors (Lipinski definition) is 0. The van der Waals surface area contributed by atoms with E-state index in [2.05, 4.69) is 20.8 Å². The van der Waals surface area contributed by atoms with Crippen LogP contribution in [-0.4, -0.2) is 18.8 Å². The molecular formula is C19H25NO3. The van der Waals surface area contributed by atoms with E-state index < -0.39 is 0 Å². The Morgan fingerprint density at radius 3 is 1.87 bits per heavy atom. The van der Waals surface area contributed by atoms with Gasteiger partial charge >= 0.3 is 0 Å². The van der Waals surface area contributed by atoms with Gasteiger partial charge in [0.25, 0.3) is 5.56 Å². The highest BCUT2D eigenvalue weighted by Crippen LogP contribution is 2.42. The summed E-state index contributed by atoms with van der Waals surface area (Å²) < 4.78 is 12.8. The molecule has 0 amide bonds. The summed E-state index contributed by atoms with van der Waals surface area (Å²) in [5, 5.41) is 0. The molecule has 1 heterocycles. The van der Waals surface area contributed by atoms with E-state index in [0.29, 0.717) is 5.56 Å². The highest BCUT2D eigenvalue weighted by Gasteiger charge is 2.25. The Morgan fingerprint density at radius 2 is 1.48 bits per heavy atom. The number of aromatic nitrogens is 1. The molecule has 0 saturated heterocycles. The summed E-state index contributed by atoms with van der Waals surface area (Å²) >= 11 is 0. The Hall–Kier alpha value is -2.23. The van der Waals surface area contributed by atoms with Crippen LogP contribution >= 0.6 is 0 Å². The van der Waals surface area contributed by atoms with E-state index in [1.165, 1.54) is 0 Å². The smallest absolute Gasteiger partial charge is 0.253 e. The molecule has 2 aromatic rings. The first-order valence-electron chi connectivity index (χ1n) is 7.63. The third-order valence-electron chi connectivity index (χ3n) is 3.95. The molecule has 1 aromatic heterocycles. The molecule has 0 radical (unpaired) electrons. The second-order valence-corrected chi connectivity index (χ2v) is 6.83. The van der Waals surface area contributed by atoms with Crippen molar-refractivity contribution < 1.29 is 9.47 Å². The van der Waals surface area contributed by atoms with Gasteiger partial charge in [-0.1, -0.05) is 20.8 Å². The van der Waals surface area contributed by atoms with E-state index in [4.69, 9.17) is 9.47 Å². The topological polar surface area (TPSA) is 40.5 Å². The standard InChI is InChI=1S/C19H25NO3/c1-12-8-14(11-20(5)18(12)21)13-9-15(22-6)17(19(2,3)4)16(10-13)23-7/h8-11H,1-7H3. The maximum Gasteiger partial charge on any atom is 0.253 e. The van der Waals surface area contributed by atoms with Gasteiger partial charge in [-0.05, 0) is 41.7 Å². The lowest BCUT2D eigenvalue weighted by molar-refractivity contribution is 0.368. The van der Waals surface area contributed by atoms with Crippen molar-refractivity contribution in [2.75, 3.05) is 14.2 Å². The molecule has 2 rings (SSSR count). The predicted molar refractivity (Wildman–Crippen MR) is 93.7 cm³/mol. The van der Waals surface area contributed by atoms with Crippen LogP contribution < -0.4 is 15.0 Å². The van der Waals surface area contributed by atoms with Crippen molar-refractivity contribution in [1.82, 2.24) is 4.57 Å². The molecule has 0 spiro atoms. The van der Waals surface area contributed by atoms with E-state index >= 15 is 0 Å². The number of rotatable bonds is 3. The summed E-state index contributed by atoms with van der Waals surface area (Å²) in [7, 11) is 5.09. The lowest BCUT2D eigenvalue weighted by Gasteiger charge is -2.25. The highest BCUT2D eigenvalue weighted by atomic mass is 16.5. The third kappa shape index (κ3) is 3.26. The molecule has 0 aliphatic heterocycles. The first-order chi connectivity index (χ1) is 10.7. The Labute approximate surface area is 137 Å². The van der Waals surface area contributed by atoms with Gasteiger partial charge in [0.2, 0.25) is 0 Å². The molecule has 0 fully saturated rings. The minimum atomic E-state index is -0.103. The van der Waals surface area contributed by atoms with E-state index in [9.17, 15) is 4.79 Å². The monoisotopic (exact) mass is 315 g/mol. The zero-order valence-corrected chi connectivity index (χ0v) is 15.0. The van der Waals surface area contributed by atoms with Crippen LogP contribution in [0.25, 0.3) is 11.1 Å². The van der Waals surface area contributed by atoms with Gasteiger partial charge in [-0.25, -0.2) is 0 Å². The van der Waals surface area contributed by atoms with Gasteiger partial charge in [0, 0.05) is 24.4 Å². The molecular weight excluding hydrogens is 290 g/mol. The lowest BCUT2D eigenvalue weighted by atomic mass is 9.84. The number of ether oxygens (including phenoxy) is 2. The summed E-state index contributed by atoms with van der Waals surface area (Å²) in [5.74, 6) is 1.58. The predicted octanol–water partition coefficient (Wildman–Crippen LogP) is 3.68.